The van der Waals surface area contributed by atoms with Crippen molar-refractivity contribution in [1.29, 1.82) is 0 Å². The van der Waals surface area contributed by atoms with Gasteiger partial charge in [0.1, 0.15) is 0 Å². The second-order valence-electron chi connectivity index (χ2n) is 8.32. The molecule has 4 atom stereocenters. The van der Waals surface area contributed by atoms with Gasteiger partial charge in [0, 0.05) is 37.2 Å². The van der Waals surface area contributed by atoms with Gasteiger partial charge in [-0.15, -0.1) is 0 Å². The number of hydrogen-bond acceptors (Lipinski definition) is 4. The van der Waals surface area contributed by atoms with E-state index in [1.54, 1.807) is 0 Å². The second kappa shape index (κ2) is 7.36. The summed E-state index contributed by atoms with van der Waals surface area (Å²) >= 11 is 0. The van der Waals surface area contributed by atoms with E-state index in [9.17, 15) is 5.11 Å². The molecule has 0 aromatic heterocycles. The van der Waals surface area contributed by atoms with Crippen LogP contribution in [-0.4, -0.2) is 54.0 Å². The van der Waals surface area contributed by atoms with Crippen molar-refractivity contribution in [3.05, 3.63) is 35.9 Å². The Kier molecular flexibility index (Phi) is 5.54. The molecule has 1 saturated heterocycles. The molecule has 0 bridgehead atoms. The zero-order chi connectivity index (χ0) is 18.1. The van der Waals surface area contributed by atoms with Gasteiger partial charge in [-0.05, 0) is 32.3 Å². The van der Waals surface area contributed by atoms with Crippen LogP contribution >= 0.6 is 0 Å². The Hall–Kier alpha value is -0.940. The summed E-state index contributed by atoms with van der Waals surface area (Å²) in [5.74, 6) is 0. The number of nitrogens with zero attached hydrogens (tertiary/aromatic N) is 1. The van der Waals surface area contributed by atoms with Crippen LogP contribution in [0, 0.1) is 5.41 Å². The number of nitrogens with one attached hydrogen (secondary N) is 1. The van der Waals surface area contributed by atoms with E-state index in [-0.39, 0.29) is 23.7 Å². The topological polar surface area (TPSA) is 44.7 Å². The summed E-state index contributed by atoms with van der Waals surface area (Å²) in [6.45, 7) is 11.8. The molecule has 0 unspecified atom stereocenters. The van der Waals surface area contributed by atoms with Crippen molar-refractivity contribution in [1.82, 2.24) is 10.2 Å². The molecule has 0 radical (unpaired) electrons. The average molecular weight is 347 g/mol. The minimum atomic E-state index is -0.219. The molecule has 2 N–H and O–H groups in total. The third kappa shape index (κ3) is 3.37. The van der Waals surface area contributed by atoms with Crippen molar-refractivity contribution in [2.24, 2.45) is 5.41 Å². The second-order valence-corrected chi connectivity index (χ2v) is 8.32. The number of likely N-dealkylation sites (tertiary alicyclic amines) is 1. The van der Waals surface area contributed by atoms with Gasteiger partial charge in [-0.2, -0.15) is 0 Å². The molecule has 3 rings (SSSR count). The SMILES string of the molecule is CCO[C@@H]1C[C@](CO)(N[C@@H]2CCN([C@@H](C)c3ccccc3)C2)C1(C)C. The third-order valence-corrected chi connectivity index (χ3v) is 6.74. The highest BCUT2D eigenvalue weighted by Crippen LogP contribution is 2.51. The fraction of sp³-hybridized carbons (Fsp3) is 0.714. The zero-order valence-corrected chi connectivity index (χ0v) is 16.2. The lowest BCUT2D eigenvalue weighted by atomic mass is 9.54. The van der Waals surface area contributed by atoms with Crippen molar-refractivity contribution in [2.45, 2.75) is 64.3 Å². The fourth-order valence-corrected chi connectivity index (χ4v) is 4.63. The molecule has 4 heteroatoms. The van der Waals surface area contributed by atoms with Crippen molar-refractivity contribution >= 4 is 0 Å². The number of ether oxygens (including phenoxy) is 1. The maximum atomic E-state index is 10.1. The molecule has 2 aliphatic rings. The summed E-state index contributed by atoms with van der Waals surface area (Å²) < 4.78 is 5.87. The number of aliphatic hydroxyl groups excluding tert-OH is 1. The first-order chi connectivity index (χ1) is 11.9. The third-order valence-electron chi connectivity index (χ3n) is 6.74. The normalized spacial score (nSPS) is 33.2. The number of benzene rings is 1. The van der Waals surface area contributed by atoms with E-state index in [4.69, 9.17) is 4.74 Å². The zero-order valence-electron chi connectivity index (χ0n) is 16.2. The molecular formula is C21H34N2O2. The van der Waals surface area contributed by atoms with E-state index in [1.807, 2.05) is 6.92 Å². The molecule has 25 heavy (non-hydrogen) atoms. The predicted molar refractivity (Wildman–Crippen MR) is 102 cm³/mol. The molecule has 1 aromatic carbocycles. The van der Waals surface area contributed by atoms with Gasteiger partial charge < -0.3 is 15.2 Å². The lowest BCUT2D eigenvalue weighted by Crippen LogP contribution is -2.75. The van der Waals surface area contributed by atoms with Gasteiger partial charge in [0.15, 0.2) is 0 Å². The Morgan fingerprint density at radius 3 is 2.64 bits per heavy atom. The number of rotatable bonds is 7. The molecule has 140 valence electrons. The Balaban J connectivity index is 1.61. The molecule has 1 aliphatic heterocycles. The Morgan fingerprint density at radius 1 is 1.32 bits per heavy atom. The Bertz CT molecular complexity index is 562. The first-order valence-corrected chi connectivity index (χ1v) is 9.72. The van der Waals surface area contributed by atoms with Crippen molar-refractivity contribution in [3.8, 4) is 0 Å². The van der Waals surface area contributed by atoms with Crippen LogP contribution < -0.4 is 5.32 Å². The molecule has 4 nitrogen and oxygen atoms in total. The van der Waals surface area contributed by atoms with Gasteiger partial charge in [-0.3, -0.25) is 4.90 Å². The molecule has 1 aromatic rings. The molecule has 0 spiro atoms. The van der Waals surface area contributed by atoms with Gasteiger partial charge in [0.05, 0.1) is 18.2 Å². The van der Waals surface area contributed by atoms with Crippen LogP contribution in [0.3, 0.4) is 0 Å². The van der Waals surface area contributed by atoms with Gasteiger partial charge >= 0.3 is 0 Å². The van der Waals surface area contributed by atoms with E-state index in [0.29, 0.717) is 12.1 Å². The van der Waals surface area contributed by atoms with E-state index < -0.39 is 0 Å². The van der Waals surface area contributed by atoms with Crippen LogP contribution in [0.5, 0.6) is 0 Å². The molecular weight excluding hydrogens is 312 g/mol. The van der Waals surface area contributed by atoms with Crippen LogP contribution in [0.1, 0.15) is 52.1 Å². The summed E-state index contributed by atoms with van der Waals surface area (Å²) in [5, 5.41) is 14.0. The van der Waals surface area contributed by atoms with E-state index >= 15 is 0 Å². The molecule has 0 amide bonds. The Morgan fingerprint density at radius 2 is 2.04 bits per heavy atom. The van der Waals surface area contributed by atoms with Crippen molar-refractivity contribution in [3.63, 3.8) is 0 Å². The van der Waals surface area contributed by atoms with Gasteiger partial charge in [0.2, 0.25) is 0 Å². The minimum absolute atomic E-state index is 0.0454. The molecule has 1 heterocycles. The summed E-state index contributed by atoms with van der Waals surface area (Å²) in [6, 6.07) is 11.6. The van der Waals surface area contributed by atoms with Crippen LogP contribution in [0.4, 0.5) is 0 Å². The van der Waals surface area contributed by atoms with E-state index in [2.05, 4.69) is 61.3 Å². The first-order valence-electron chi connectivity index (χ1n) is 9.72. The Labute approximate surface area is 152 Å². The van der Waals surface area contributed by atoms with Crippen LogP contribution in [0.25, 0.3) is 0 Å². The van der Waals surface area contributed by atoms with Crippen molar-refractivity contribution < 1.29 is 9.84 Å². The van der Waals surface area contributed by atoms with Crippen LogP contribution in [0.2, 0.25) is 0 Å². The van der Waals surface area contributed by atoms with Gasteiger partial charge in [-0.25, -0.2) is 0 Å². The smallest absolute Gasteiger partial charge is 0.0663 e. The fourth-order valence-electron chi connectivity index (χ4n) is 4.63. The van der Waals surface area contributed by atoms with E-state index in [0.717, 1.165) is 32.5 Å². The summed E-state index contributed by atoms with van der Waals surface area (Å²) in [5.41, 5.74) is 1.11. The van der Waals surface area contributed by atoms with Crippen molar-refractivity contribution in [2.75, 3.05) is 26.3 Å². The monoisotopic (exact) mass is 346 g/mol. The summed E-state index contributed by atoms with van der Waals surface area (Å²) in [4.78, 5) is 2.55. The van der Waals surface area contributed by atoms with E-state index in [1.165, 1.54) is 5.56 Å². The highest BCUT2D eigenvalue weighted by atomic mass is 16.5. The lowest BCUT2D eigenvalue weighted by molar-refractivity contribution is -0.180. The maximum Gasteiger partial charge on any atom is 0.0663 e. The highest BCUT2D eigenvalue weighted by molar-refractivity contribution is 5.19. The van der Waals surface area contributed by atoms with Gasteiger partial charge in [-0.1, -0.05) is 44.2 Å². The largest absolute Gasteiger partial charge is 0.394 e. The lowest BCUT2D eigenvalue weighted by Gasteiger charge is -2.61. The first kappa shape index (κ1) is 18.8. The highest BCUT2D eigenvalue weighted by Gasteiger charge is 2.61. The molecule has 1 saturated carbocycles. The molecule has 2 fully saturated rings. The van der Waals surface area contributed by atoms with Crippen LogP contribution in [-0.2, 0) is 4.74 Å². The standard InChI is InChI=1S/C21H34N2O2/c1-5-25-19-13-21(15-24,20(19,3)4)22-18-11-12-23(14-18)16(2)17-9-7-6-8-10-17/h6-10,16,18-19,22,24H,5,11-15H2,1-4H3/t16-,18+,19+,21+/m0/s1. The predicted octanol–water partition coefficient (Wildman–Crippen LogP) is 2.98. The van der Waals surface area contributed by atoms with Gasteiger partial charge in [0.25, 0.3) is 0 Å². The molecule has 1 aliphatic carbocycles. The number of hydrogen-bond donors (Lipinski definition) is 2. The summed E-state index contributed by atoms with van der Waals surface area (Å²) in [6.07, 6.45) is 2.27. The average Bonchev–Trinajstić information content (AvgIpc) is 3.09. The summed E-state index contributed by atoms with van der Waals surface area (Å²) in [7, 11) is 0. The minimum Gasteiger partial charge on any atom is -0.394 e. The quantitative estimate of drug-likeness (QED) is 0.797. The van der Waals surface area contributed by atoms with Crippen LogP contribution in [0.15, 0.2) is 30.3 Å². The maximum absolute atomic E-state index is 10.1. The number of aliphatic hydroxyl groups is 1.